The van der Waals surface area contributed by atoms with Gasteiger partial charge in [-0.25, -0.2) is 9.52 Å². The second-order valence-electron chi connectivity index (χ2n) is 12.0. The molecule has 1 saturated carbocycles. The molecule has 1 aromatic rings. The number of nitrogens with zero attached hydrogens (tertiary/aromatic N) is 2. The molecule has 230 valence electrons. The van der Waals surface area contributed by atoms with Crippen LogP contribution >= 0.6 is 0 Å². The van der Waals surface area contributed by atoms with Crippen LogP contribution in [0.1, 0.15) is 72.1 Å². The number of hydrogen-bond donors (Lipinski definition) is 4. The fourth-order valence-corrected chi connectivity index (χ4v) is 6.28. The zero-order chi connectivity index (χ0) is 30.5. The first-order valence-corrected chi connectivity index (χ1v) is 15.8. The van der Waals surface area contributed by atoms with Crippen LogP contribution in [0.2, 0.25) is 0 Å². The van der Waals surface area contributed by atoms with Gasteiger partial charge in [-0.05, 0) is 71.4 Å². The van der Waals surface area contributed by atoms with Gasteiger partial charge in [-0.1, -0.05) is 25.0 Å². The Morgan fingerprint density at radius 2 is 1.83 bits per heavy atom. The molecule has 4 rings (SSSR count). The van der Waals surface area contributed by atoms with Crippen LogP contribution in [-0.2, 0) is 29.3 Å². The van der Waals surface area contributed by atoms with Crippen LogP contribution < -0.4 is 20.1 Å². The lowest BCUT2D eigenvalue weighted by Crippen LogP contribution is -2.58. The highest BCUT2D eigenvalue weighted by atomic mass is 32.2. The van der Waals surface area contributed by atoms with E-state index in [0.717, 1.165) is 12.8 Å². The minimum atomic E-state index is -4.31. The van der Waals surface area contributed by atoms with Crippen molar-refractivity contribution in [2.45, 2.75) is 95.4 Å². The first-order chi connectivity index (χ1) is 19.8. The molecule has 0 aromatic carbocycles. The molecule has 3 aliphatic rings. The maximum Gasteiger partial charge on any atom is 0.408 e. The normalized spacial score (nSPS) is 26.9. The van der Waals surface area contributed by atoms with Gasteiger partial charge in [0.15, 0.2) is 0 Å². The second-order valence-corrected chi connectivity index (χ2v) is 13.4. The van der Waals surface area contributed by atoms with Gasteiger partial charge in [0.05, 0.1) is 5.69 Å². The predicted molar refractivity (Wildman–Crippen MR) is 154 cm³/mol. The van der Waals surface area contributed by atoms with Gasteiger partial charge >= 0.3 is 16.3 Å². The van der Waals surface area contributed by atoms with Gasteiger partial charge < -0.3 is 20.3 Å². The summed E-state index contributed by atoms with van der Waals surface area (Å²) in [7, 11) is -4.31. The van der Waals surface area contributed by atoms with Gasteiger partial charge in [-0.15, -0.1) is 0 Å². The minimum Gasteiger partial charge on any atom is -0.444 e. The Labute approximate surface area is 246 Å². The lowest BCUT2D eigenvalue weighted by molar-refractivity contribution is -0.141. The van der Waals surface area contributed by atoms with Crippen LogP contribution in [0.3, 0.4) is 0 Å². The molecule has 0 unspecified atom stereocenters. The molecule has 0 bridgehead atoms. The SMILES string of the molecule is CC(C)(C)OC(=O)N[C@H]1CCCCCC=C[C@@H]2C[C@@]2(C(=O)NS(=O)(=O)Nc2ccncc2)NC(=O)[C@@H]2CCCN2C1=O. The average Bonchev–Trinajstić information content (AvgIpc) is 3.35. The molecular weight excluding hydrogens is 564 g/mol. The topological polar surface area (TPSA) is 176 Å². The van der Waals surface area contributed by atoms with E-state index in [1.54, 1.807) is 20.8 Å². The molecule has 2 aliphatic heterocycles. The highest BCUT2D eigenvalue weighted by Crippen LogP contribution is 2.45. The number of carbonyl (C=O) groups is 4. The number of alkyl carbamates (subject to hydrolysis) is 1. The summed E-state index contributed by atoms with van der Waals surface area (Å²) in [5.74, 6) is -2.20. The van der Waals surface area contributed by atoms with E-state index < -0.39 is 57.3 Å². The minimum absolute atomic E-state index is 0.218. The Kier molecular flexibility index (Phi) is 9.43. The third kappa shape index (κ3) is 7.99. The molecule has 3 heterocycles. The molecule has 13 nitrogen and oxygen atoms in total. The van der Waals surface area contributed by atoms with Crippen molar-refractivity contribution >= 4 is 39.7 Å². The fraction of sp³-hybridized carbons (Fsp3) is 0.607. The lowest BCUT2D eigenvalue weighted by atomic mass is 10.0. The number of amides is 4. The summed E-state index contributed by atoms with van der Waals surface area (Å²) < 4.78 is 35.2. The zero-order valence-corrected chi connectivity index (χ0v) is 25.0. The summed E-state index contributed by atoms with van der Waals surface area (Å²) in [5, 5.41) is 5.49. The van der Waals surface area contributed by atoms with Gasteiger partial charge in [-0.3, -0.25) is 24.1 Å². The molecule has 0 spiro atoms. The highest BCUT2D eigenvalue weighted by molar-refractivity contribution is 7.91. The van der Waals surface area contributed by atoms with Crippen LogP contribution in [0, 0.1) is 5.92 Å². The average molecular weight is 605 g/mol. The molecule has 1 aliphatic carbocycles. The number of anilines is 1. The van der Waals surface area contributed by atoms with Crippen molar-refractivity contribution < 1.29 is 32.3 Å². The largest absolute Gasteiger partial charge is 0.444 e. The second kappa shape index (κ2) is 12.7. The maximum absolute atomic E-state index is 13.7. The zero-order valence-electron chi connectivity index (χ0n) is 24.2. The Balaban J connectivity index is 1.53. The lowest BCUT2D eigenvalue weighted by Gasteiger charge is -2.30. The third-order valence-corrected chi connectivity index (χ3v) is 8.44. The van der Waals surface area contributed by atoms with Gasteiger partial charge in [-0.2, -0.15) is 8.42 Å². The van der Waals surface area contributed by atoms with Crippen molar-refractivity contribution in [3.8, 4) is 0 Å². The maximum atomic E-state index is 13.7. The number of fused-ring (bicyclic) bond motifs is 2. The number of nitrogens with one attached hydrogen (secondary N) is 4. The monoisotopic (exact) mass is 604 g/mol. The third-order valence-electron chi connectivity index (χ3n) is 7.49. The number of allylic oxidation sites excluding steroid dienone is 1. The fourth-order valence-electron chi connectivity index (χ4n) is 5.36. The van der Waals surface area contributed by atoms with E-state index in [0.29, 0.717) is 38.6 Å². The van der Waals surface area contributed by atoms with E-state index in [4.69, 9.17) is 4.74 Å². The number of carbonyl (C=O) groups excluding carboxylic acids is 4. The number of hydrogen-bond acceptors (Lipinski definition) is 8. The summed E-state index contributed by atoms with van der Waals surface area (Å²) in [6, 6.07) is 1.14. The first-order valence-electron chi connectivity index (χ1n) is 14.3. The molecule has 4 amide bonds. The molecule has 42 heavy (non-hydrogen) atoms. The van der Waals surface area contributed by atoms with E-state index in [-0.39, 0.29) is 18.0 Å². The van der Waals surface area contributed by atoms with Gasteiger partial charge in [0.25, 0.3) is 5.91 Å². The van der Waals surface area contributed by atoms with Crippen LogP contribution in [0.5, 0.6) is 0 Å². The van der Waals surface area contributed by atoms with Crippen LogP contribution in [0.15, 0.2) is 36.7 Å². The number of pyridine rings is 1. The number of ether oxygens (including phenoxy) is 1. The van der Waals surface area contributed by atoms with Crippen LogP contribution in [0.4, 0.5) is 10.5 Å². The molecule has 1 saturated heterocycles. The van der Waals surface area contributed by atoms with E-state index >= 15 is 0 Å². The van der Waals surface area contributed by atoms with Crippen LogP contribution in [0.25, 0.3) is 0 Å². The Hall–Kier alpha value is -3.68. The first kappa shape index (κ1) is 31.3. The Morgan fingerprint density at radius 3 is 2.55 bits per heavy atom. The van der Waals surface area contributed by atoms with Crippen LogP contribution in [-0.4, -0.2) is 71.9 Å². The number of rotatable bonds is 5. The Morgan fingerprint density at radius 1 is 1.10 bits per heavy atom. The van der Waals surface area contributed by atoms with E-state index in [9.17, 15) is 27.6 Å². The standard InChI is InChI=1S/C28H40N6O7S/c1-27(2,3)41-26(38)30-21-11-8-6-4-5-7-10-19-18-28(19,31-23(35)22-12-9-17-34(22)24(21)36)25(37)33-42(39,40)32-20-13-15-29-16-14-20/h7,10,13-16,19,21-22H,4-6,8-9,11-12,17-18H2,1-3H3,(H,29,32)(H,30,38)(H,31,35)(H,33,37)/t19-,21+,22+,28-/m1/s1. The summed E-state index contributed by atoms with van der Waals surface area (Å²) >= 11 is 0. The predicted octanol–water partition coefficient (Wildman–Crippen LogP) is 2.13. The van der Waals surface area contributed by atoms with Crippen molar-refractivity contribution in [3.05, 3.63) is 36.7 Å². The number of aromatic nitrogens is 1. The van der Waals surface area contributed by atoms with Crippen molar-refractivity contribution in [1.29, 1.82) is 0 Å². The summed E-state index contributed by atoms with van der Waals surface area (Å²) in [4.78, 5) is 58.5. The molecule has 0 radical (unpaired) electrons. The van der Waals surface area contributed by atoms with Crippen molar-refractivity contribution in [1.82, 2.24) is 25.2 Å². The van der Waals surface area contributed by atoms with Gasteiger partial charge in [0.2, 0.25) is 11.8 Å². The van der Waals surface area contributed by atoms with Crippen molar-refractivity contribution in [2.75, 3.05) is 11.3 Å². The van der Waals surface area contributed by atoms with Crippen molar-refractivity contribution in [3.63, 3.8) is 0 Å². The molecule has 4 N–H and O–H groups in total. The highest BCUT2D eigenvalue weighted by Gasteiger charge is 2.61. The summed E-state index contributed by atoms with van der Waals surface area (Å²) in [6.07, 6.45) is 10.4. The molecule has 2 fully saturated rings. The molecule has 14 heteroatoms. The molecule has 4 atom stereocenters. The molecule has 1 aromatic heterocycles. The van der Waals surface area contributed by atoms with E-state index in [2.05, 4.69) is 20.3 Å². The van der Waals surface area contributed by atoms with E-state index in [1.807, 2.05) is 16.9 Å². The summed E-state index contributed by atoms with van der Waals surface area (Å²) in [6.45, 7) is 5.51. The Bertz CT molecular complexity index is 1310. The summed E-state index contributed by atoms with van der Waals surface area (Å²) in [5.41, 5.74) is -2.01. The van der Waals surface area contributed by atoms with Crippen molar-refractivity contribution in [2.24, 2.45) is 5.92 Å². The van der Waals surface area contributed by atoms with Gasteiger partial charge in [0, 0.05) is 24.9 Å². The van der Waals surface area contributed by atoms with E-state index in [1.165, 1.54) is 29.4 Å². The smallest absolute Gasteiger partial charge is 0.408 e. The quantitative estimate of drug-likeness (QED) is 0.370. The molecular formula is C28H40N6O7S. The van der Waals surface area contributed by atoms with Gasteiger partial charge in [0.1, 0.15) is 23.2 Å².